The van der Waals surface area contributed by atoms with E-state index in [1.165, 1.54) is 11.1 Å². The summed E-state index contributed by atoms with van der Waals surface area (Å²) < 4.78 is 48.1. The first-order valence-corrected chi connectivity index (χ1v) is 16.0. The molecule has 44 heavy (non-hydrogen) atoms. The number of rotatable bonds is 13. The average Bonchev–Trinajstić information content (AvgIpc) is 3.00. The van der Waals surface area contributed by atoms with Gasteiger partial charge >= 0.3 is 6.03 Å². The van der Waals surface area contributed by atoms with Crippen LogP contribution in [0.2, 0.25) is 0 Å². The average molecular weight is 628 g/mol. The SMILES string of the molecule is CCCCN(C(=O)Nc1cc(C(N)=O)c(F)cc1F)C1CCN(Cc2ccc(Cc3ccc(NCS(=O)O)cc3)cc2)CC1. The van der Waals surface area contributed by atoms with Gasteiger partial charge in [0.2, 0.25) is 0 Å². The highest BCUT2D eigenvalue weighted by molar-refractivity contribution is 7.79. The first-order valence-electron chi connectivity index (χ1n) is 14.7. The van der Waals surface area contributed by atoms with Crippen molar-refractivity contribution in [2.75, 3.05) is 36.1 Å². The van der Waals surface area contributed by atoms with Crippen molar-refractivity contribution < 1.29 is 27.1 Å². The molecule has 0 aliphatic carbocycles. The van der Waals surface area contributed by atoms with E-state index >= 15 is 0 Å². The molecule has 1 atom stereocenters. The number of urea groups is 1. The molecule has 1 unspecified atom stereocenters. The minimum atomic E-state index is -1.89. The van der Waals surface area contributed by atoms with Crippen LogP contribution >= 0.6 is 0 Å². The second kappa shape index (κ2) is 15.7. The fourth-order valence-corrected chi connectivity index (χ4v) is 5.62. The van der Waals surface area contributed by atoms with Crippen molar-refractivity contribution in [3.8, 4) is 0 Å². The number of nitrogens with one attached hydrogen (secondary N) is 2. The highest BCUT2D eigenvalue weighted by Crippen LogP contribution is 2.24. The molecule has 0 radical (unpaired) electrons. The lowest BCUT2D eigenvalue weighted by molar-refractivity contribution is 0.0996. The topological polar surface area (TPSA) is 128 Å². The highest BCUT2D eigenvalue weighted by Gasteiger charge is 2.28. The van der Waals surface area contributed by atoms with Crippen LogP contribution in [0.5, 0.6) is 0 Å². The first kappa shape index (κ1) is 33.0. The highest BCUT2D eigenvalue weighted by atomic mass is 32.2. The number of halogens is 2. The number of piperidine rings is 1. The van der Waals surface area contributed by atoms with E-state index < -0.39 is 40.2 Å². The maximum absolute atomic E-state index is 14.4. The van der Waals surface area contributed by atoms with Crippen LogP contribution in [-0.4, -0.2) is 62.1 Å². The van der Waals surface area contributed by atoms with E-state index in [0.717, 1.165) is 69.1 Å². The molecule has 1 fully saturated rings. The number of unbranched alkanes of at least 4 members (excludes halogenated alkanes) is 1. The van der Waals surface area contributed by atoms with Crippen molar-refractivity contribution >= 4 is 34.4 Å². The van der Waals surface area contributed by atoms with Gasteiger partial charge in [-0.2, -0.15) is 0 Å². The van der Waals surface area contributed by atoms with E-state index in [4.69, 9.17) is 10.3 Å². The van der Waals surface area contributed by atoms with Gasteiger partial charge in [-0.1, -0.05) is 49.7 Å². The molecular weight excluding hydrogens is 588 g/mol. The molecule has 5 N–H and O–H groups in total. The number of likely N-dealkylation sites (tertiary alicyclic amines) is 1. The third-order valence-electron chi connectivity index (χ3n) is 7.77. The van der Waals surface area contributed by atoms with Crippen molar-refractivity contribution in [1.82, 2.24) is 9.80 Å². The molecule has 3 aromatic rings. The van der Waals surface area contributed by atoms with Gasteiger partial charge in [-0.25, -0.2) is 17.8 Å². The Labute approximate surface area is 259 Å². The Balaban J connectivity index is 1.30. The minimum Gasteiger partial charge on any atom is -0.372 e. The summed E-state index contributed by atoms with van der Waals surface area (Å²) in [7, 11) is 0. The molecule has 4 rings (SSSR count). The lowest BCUT2D eigenvalue weighted by Crippen LogP contribution is -2.49. The zero-order valence-corrected chi connectivity index (χ0v) is 25.5. The maximum Gasteiger partial charge on any atom is 0.322 e. The van der Waals surface area contributed by atoms with Crippen LogP contribution in [0.15, 0.2) is 60.7 Å². The standard InChI is InChI=1S/C32H39F2N5O4S/c1-2-3-14-39(32(41)37-30-18-27(31(35)40)28(33)19-29(30)34)26-12-15-38(16-13-26)20-24-6-4-22(5-7-24)17-23-8-10-25(11-9-23)36-21-44(42)43/h4-11,18-19,26,36H,2-3,12-17,20-21H2,1H3,(H2,35,40)(H,37,41)(H,42,43). The predicted molar refractivity (Wildman–Crippen MR) is 169 cm³/mol. The van der Waals surface area contributed by atoms with Crippen molar-refractivity contribution in [2.24, 2.45) is 5.73 Å². The molecule has 12 heteroatoms. The summed E-state index contributed by atoms with van der Waals surface area (Å²) in [5, 5.41) is 5.43. The van der Waals surface area contributed by atoms with E-state index in [1.54, 1.807) is 4.90 Å². The van der Waals surface area contributed by atoms with Crippen LogP contribution < -0.4 is 16.4 Å². The van der Waals surface area contributed by atoms with Crippen molar-refractivity contribution in [3.63, 3.8) is 0 Å². The third-order valence-corrected chi connectivity index (χ3v) is 8.16. The summed E-state index contributed by atoms with van der Waals surface area (Å²) in [5.41, 5.74) is 8.75. The molecule has 3 aromatic carbocycles. The summed E-state index contributed by atoms with van der Waals surface area (Å²) in [4.78, 5) is 28.8. The largest absolute Gasteiger partial charge is 0.372 e. The minimum absolute atomic E-state index is 0.00987. The molecule has 3 amide bonds. The predicted octanol–water partition coefficient (Wildman–Crippen LogP) is 5.54. The normalized spacial score (nSPS) is 14.6. The number of anilines is 2. The molecule has 0 spiro atoms. The van der Waals surface area contributed by atoms with Crippen molar-refractivity contribution in [3.05, 3.63) is 94.6 Å². The lowest BCUT2D eigenvalue weighted by Gasteiger charge is -2.38. The van der Waals surface area contributed by atoms with E-state index in [9.17, 15) is 22.6 Å². The summed E-state index contributed by atoms with van der Waals surface area (Å²) >= 11 is -1.89. The number of hydrogen-bond donors (Lipinski definition) is 4. The fraction of sp³-hybridized carbons (Fsp3) is 0.375. The van der Waals surface area contributed by atoms with Crippen LogP contribution in [0.3, 0.4) is 0 Å². The van der Waals surface area contributed by atoms with E-state index in [0.29, 0.717) is 12.6 Å². The molecule has 236 valence electrons. The van der Waals surface area contributed by atoms with Gasteiger partial charge in [0.1, 0.15) is 17.5 Å². The summed E-state index contributed by atoms with van der Waals surface area (Å²) in [5.74, 6) is -3.09. The Kier molecular flexibility index (Phi) is 11.8. The summed E-state index contributed by atoms with van der Waals surface area (Å²) in [6.07, 6.45) is 3.95. The number of benzene rings is 3. The van der Waals surface area contributed by atoms with Crippen LogP contribution in [0.25, 0.3) is 0 Å². The third kappa shape index (κ3) is 9.31. The van der Waals surface area contributed by atoms with Gasteiger partial charge in [0.15, 0.2) is 11.1 Å². The number of primary amides is 1. The van der Waals surface area contributed by atoms with Crippen LogP contribution in [0.1, 0.15) is 59.7 Å². The number of hydrogen-bond acceptors (Lipinski definition) is 5. The maximum atomic E-state index is 14.4. The van der Waals surface area contributed by atoms with Gasteiger partial charge < -0.3 is 25.8 Å². The Morgan fingerprint density at radius 3 is 2.20 bits per heavy atom. The summed E-state index contributed by atoms with van der Waals surface area (Å²) in [6, 6.07) is 17.3. The molecule has 9 nitrogen and oxygen atoms in total. The number of nitrogens with zero attached hydrogens (tertiary/aromatic N) is 2. The molecule has 0 bridgehead atoms. The molecule has 1 heterocycles. The van der Waals surface area contributed by atoms with Gasteiger partial charge in [-0.15, -0.1) is 0 Å². The Bertz CT molecular complexity index is 1450. The summed E-state index contributed by atoms with van der Waals surface area (Å²) in [6.45, 7) is 4.91. The fourth-order valence-electron chi connectivity index (χ4n) is 5.33. The van der Waals surface area contributed by atoms with Gasteiger partial charge in [-0.3, -0.25) is 9.69 Å². The van der Waals surface area contributed by atoms with Gasteiger partial charge in [-0.05, 0) is 60.6 Å². The Morgan fingerprint density at radius 1 is 1.00 bits per heavy atom. The molecule has 1 aliphatic rings. The monoisotopic (exact) mass is 627 g/mol. The molecule has 1 aliphatic heterocycles. The van der Waals surface area contributed by atoms with Gasteiger partial charge in [0.25, 0.3) is 5.91 Å². The quantitative estimate of drug-likeness (QED) is 0.184. The molecule has 0 aromatic heterocycles. The van der Waals surface area contributed by atoms with Crippen LogP contribution in [-0.2, 0) is 24.0 Å². The van der Waals surface area contributed by atoms with Crippen molar-refractivity contribution in [2.45, 2.75) is 51.6 Å². The number of carbonyl (C=O) groups excluding carboxylic acids is 2. The zero-order valence-electron chi connectivity index (χ0n) is 24.7. The van der Waals surface area contributed by atoms with Crippen molar-refractivity contribution in [1.29, 1.82) is 0 Å². The second-order valence-electron chi connectivity index (χ2n) is 11.0. The van der Waals surface area contributed by atoms with E-state index in [1.807, 2.05) is 31.2 Å². The van der Waals surface area contributed by atoms with Crippen LogP contribution in [0, 0.1) is 11.6 Å². The van der Waals surface area contributed by atoms with E-state index in [2.05, 4.69) is 39.8 Å². The van der Waals surface area contributed by atoms with Gasteiger partial charge in [0, 0.05) is 44.0 Å². The molecular formula is C32H39F2N5O4S. The lowest BCUT2D eigenvalue weighted by atomic mass is 10.0. The number of amides is 3. The zero-order chi connectivity index (χ0) is 31.6. The van der Waals surface area contributed by atoms with Crippen LogP contribution in [0.4, 0.5) is 25.0 Å². The Hall–Kier alpha value is -3.87. The molecule has 1 saturated heterocycles. The number of nitrogens with two attached hydrogens (primary N) is 1. The smallest absolute Gasteiger partial charge is 0.322 e. The Morgan fingerprint density at radius 2 is 1.61 bits per heavy atom. The second-order valence-corrected chi connectivity index (χ2v) is 11.9. The first-order chi connectivity index (χ1) is 21.1. The van der Waals surface area contributed by atoms with Gasteiger partial charge in [0.05, 0.1) is 11.3 Å². The van der Waals surface area contributed by atoms with E-state index in [-0.39, 0.29) is 17.6 Å². The molecule has 0 saturated carbocycles. The number of carbonyl (C=O) groups is 2.